The first-order valence-corrected chi connectivity index (χ1v) is 8.90. The Morgan fingerprint density at radius 1 is 1.31 bits per heavy atom. The third-order valence-corrected chi connectivity index (χ3v) is 4.45. The molecular formula is C20H19N3O2S. The minimum Gasteiger partial charge on any atom is -0.504 e. The van der Waals surface area contributed by atoms with Gasteiger partial charge in [-0.3, -0.25) is 5.43 Å². The van der Waals surface area contributed by atoms with Crippen molar-refractivity contribution in [2.75, 3.05) is 12.5 Å². The van der Waals surface area contributed by atoms with Crippen LogP contribution in [0, 0.1) is 0 Å². The number of aromatic hydroxyl groups is 1. The topological polar surface area (TPSA) is 66.7 Å². The van der Waals surface area contributed by atoms with Gasteiger partial charge in [0.2, 0.25) is 5.13 Å². The van der Waals surface area contributed by atoms with Crippen LogP contribution >= 0.6 is 11.3 Å². The van der Waals surface area contributed by atoms with Crippen molar-refractivity contribution in [3.05, 3.63) is 71.6 Å². The van der Waals surface area contributed by atoms with Crippen molar-refractivity contribution in [2.45, 2.75) is 6.42 Å². The zero-order chi connectivity index (χ0) is 18.4. The molecule has 2 N–H and O–H groups in total. The molecule has 1 aromatic heterocycles. The predicted octanol–water partition coefficient (Wildman–Crippen LogP) is 4.70. The third kappa shape index (κ3) is 4.10. The maximum atomic E-state index is 10.1. The summed E-state index contributed by atoms with van der Waals surface area (Å²) < 4.78 is 5.21. The second-order valence-corrected chi connectivity index (χ2v) is 6.36. The number of aromatic nitrogens is 1. The molecule has 3 rings (SSSR count). The van der Waals surface area contributed by atoms with E-state index in [0.717, 1.165) is 22.4 Å². The molecule has 0 aliphatic carbocycles. The van der Waals surface area contributed by atoms with Crippen LogP contribution < -0.4 is 10.2 Å². The number of ether oxygens (including phenoxy) is 1. The lowest BCUT2D eigenvalue weighted by Gasteiger charge is -2.09. The third-order valence-electron chi connectivity index (χ3n) is 3.71. The van der Waals surface area contributed by atoms with Crippen LogP contribution in [0.2, 0.25) is 0 Å². The monoisotopic (exact) mass is 365 g/mol. The summed E-state index contributed by atoms with van der Waals surface area (Å²) in [5, 5.41) is 17.0. The van der Waals surface area contributed by atoms with E-state index in [2.05, 4.69) is 22.1 Å². The average molecular weight is 365 g/mol. The molecule has 2 aromatic carbocycles. The first kappa shape index (κ1) is 17.7. The first-order valence-electron chi connectivity index (χ1n) is 8.02. The minimum absolute atomic E-state index is 0.130. The normalized spacial score (nSPS) is 10.8. The average Bonchev–Trinajstić information content (AvgIpc) is 3.14. The largest absolute Gasteiger partial charge is 0.504 e. The Hall–Kier alpha value is -3.12. The molecule has 5 nitrogen and oxygen atoms in total. The van der Waals surface area contributed by atoms with E-state index in [1.165, 1.54) is 18.4 Å². The Bertz CT molecular complexity index is 920. The number of anilines is 1. The lowest BCUT2D eigenvalue weighted by Crippen LogP contribution is -1.95. The first-order chi connectivity index (χ1) is 12.7. The Labute approximate surface area is 156 Å². The van der Waals surface area contributed by atoms with Gasteiger partial charge in [-0.2, -0.15) is 5.10 Å². The van der Waals surface area contributed by atoms with Crippen molar-refractivity contribution in [2.24, 2.45) is 5.10 Å². The molecule has 0 spiro atoms. The highest BCUT2D eigenvalue weighted by Crippen LogP contribution is 2.31. The lowest BCUT2D eigenvalue weighted by atomic mass is 10.1. The number of hydrogen-bond acceptors (Lipinski definition) is 6. The fourth-order valence-corrected chi connectivity index (χ4v) is 3.13. The van der Waals surface area contributed by atoms with Crippen LogP contribution in [0.3, 0.4) is 0 Å². The maximum Gasteiger partial charge on any atom is 0.203 e. The van der Waals surface area contributed by atoms with Crippen LogP contribution in [-0.2, 0) is 6.42 Å². The Morgan fingerprint density at radius 2 is 2.12 bits per heavy atom. The van der Waals surface area contributed by atoms with E-state index in [0.29, 0.717) is 17.3 Å². The Morgan fingerprint density at radius 3 is 2.85 bits per heavy atom. The molecule has 0 fully saturated rings. The highest BCUT2D eigenvalue weighted by atomic mass is 32.1. The van der Waals surface area contributed by atoms with E-state index in [1.54, 1.807) is 18.4 Å². The molecule has 0 saturated carbocycles. The molecule has 0 unspecified atom stereocenters. The van der Waals surface area contributed by atoms with Gasteiger partial charge in [-0.15, -0.1) is 17.9 Å². The molecule has 0 aliphatic rings. The van der Waals surface area contributed by atoms with Gasteiger partial charge in [-0.1, -0.05) is 36.4 Å². The number of nitrogens with zero attached hydrogens (tertiary/aromatic N) is 2. The van der Waals surface area contributed by atoms with Gasteiger partial charge in [0.25, 0.3) is 0 Å². The molecule has 132 valence electrons. The summed E-state index contributed by atoms with van der Waals surface area (Å²) in [6.45, 7) is 3.71. The summed E-state index contributed by atoms with van der Waals surface area (Å²) in [6.07, 6.45) is 3.94. The number of phenols is 1. The standard InChI is InChI=1S/C20H19N3O2S/c1-3-7-16-10-14(11-18(25-2)19(16)24)12-21-23-20-22-17(13-26-20)15-8-5-4-6-9-15/h3-6,8-13,24H,1,7H2,2H3,(H,22,23). The molecule has 0 atom stereocenters. The molecule has 1 heterocycles. The van der Waals surface area contributed by atoms with Crippen LogP contribution in [0.1, 0.15) is 11.1 Å². The molecule has 26 heavy (non-hydrogen) atoms. The van der Waals surface area contributed by atoms with E-state index >= 15 is 0 Å². The minimum atomic E-state index is 0.130. The van der Waals surface area contributed by atoms with Crippen molar-refractivity contribution < 1.29 is 9.84 Å². The van der Waals surface area contributed by atoms with Crippen molar-refractivity contribution in [1.82, 2.24) is 4.98 Å². The maximum absolute atomic E-state index is 10.1. The van der Waals surface area contributed by atoms with Crippen LogP contribution in [0.15, 0.2) is 65.6 Å². The zero-order valence-electron chi connectivity index (χ0n) is 14.3. The van der Waals surface area contributed by atoms with Gasteiger partial charge in [0.05, 0.1) is 19.0 Å². The van der Waals surface area contributed by atoms with Gasteiger partial charge in [0, 0.05) is 16.5 Å². The number of rotatable bonds is 7. The van der Waals surface area contributed by atoms with Crippen LogP contribution in [0.5, 0.6) is 11.5 Å². The summed E-state index contributed by atoms with van der Waals surface area (Å²) in [4.78, 5) is 4.52. The van der Waals surface area contributed by atoms with Gasteiger partial charge in [-0.25, -0.2) is 4.98 Å². The number of thiazole rings is 1. The van der Waals surface area contributed by atoms with Crippen LogP contribution in [-0.4, -0.2) is 23.4 Å². The van der Waals surface area contributed by atoms with Crippen molar-refractivity contribution >= 4 is 22.7 Å². The van der Waals surface area contributed by atoms with Crippen molar-refractivity contribution in [3.8, 4) is 22.8 Å². The SMILES string of the molecule is C=CCc1cc(C=NNc2nc(-c3ccccc3)cs2)cc(OC)c1O. The van der Waals surface area contributed by atoms with Crippen molar-refractivity contribution in [3.63, 3.8) is 0 Å². The fourth-order valence-electron chi connectivity index (χ4n) is 2.46. The van der Waals surface area contributed by atoms with E-state index in [1.807, 2.05) is 41.8 Å². The van der Waals surface area contributed by atoms with Gasteiger partial charge in [-0.05, 0) is 24.1 Å². The smallest absolute Gasteiger partial charge is 0.203 e. The number of phenolic OH excluding ortho intramolecular Hbond substituents is 1. The second kappa shape index (κ2) is 8.31. The number of hydrogen-bond donors (Lipinski definition) is 2. The summed E-state index contributed by atoms with van der Waals surface area (Å²) in [5.41, 5.74) is 6.46. The van der Waals surface area contributed by atoms with Crippen molar-refractivity contribution in [1.29, 1.82) is 0 Å². The molecule has 0 radical (unpaired) electrons. The van der Waals surface area contributed by atoms with Gasteiger partial charge >= 0.3 is 0 Å². The predicted molar refractivity (Wildman–Crippen MR) is 107 cm³/mol. The van der Waals surface area contributed by atoms with Crippen LogP contribution in [0.4, 0.5) is 5.13 Å². The second-order valence-electron chi connectivity index (χ2n) is 5.50. The molecule has 0 amide bonds. The van der Waals surface area contributed by atoms with E-state index in [-0.39, 0.29) is 5.75 Å². The lowest BCUT2D eigenvalue weighted by molar-refractivity contribution is 0.371. The number of methoxy groups -OCH3 is 1. The molecule has 0 bridgehead atoms. The molecule has 6 heteroatoms. The molecule has 3 aromatic rings. The van der Waals surface area contributed by atoms with Crippen LogP contribution in [0.25, 0.3) is 11.3 Å². The quantitative estimate of drug-likeness (QED) is 0.362. The van der Waals surface area contributed by atoms with Gasteiger partial charge in [0.1, 0.15) is 0 Å². The zero-order valence-corrected chi connectivity index (χ0v) is 15.2. The van der Waals surface area contributed by atoms with E-state index in [4.69, 9.17) is 4.74 Å². The molecule has 0 saturated heterocycles. The molecule has 0 aliphatic heterocycles. The Balaban J connectivity index is 1.74. The summed E-state index contributed by atoms with van der Waals surface area (Å²) in [5.74, 6) is 0.538. The summed E-state index contributed by atoms with van der Waals surface area (Å²) >= 11 is 1.49. The molecular weight excluding hydrogens is 346 g/mol. The number of nitrogens with one attached hydrogen (secondary N) is 1. The summed E-state index contributed by atoms with van der Waals surface area (Å²) in [7, 11) is 1.52. The van der Waals surface area contributed by atoms with Gasteiger partial charge in [0.15, 0.2) is 11.5 Å². The van der Waals surface area contributed by atoms with Gasteiger partial charge < -0.3 is 9.84 Å². The number of benzene rings is 2. The number of allylic oxidation sites excluding steroid dienone is 1. The van der Waals surface area contributed by atoms with E-state index < -0.39 is 0 Å². The highest BCUT2D eigenvalue weighted by molar-refractivity contribution is 7.14. The fraction of sp³-hybridized carbons (Fsp3) is 0.100. The Kier molecular flexibility index (Phi) is 5.66. The highest BCUT2D eigenvalue weighted by Gasteiger charge is 2.09. The number of hydrazone groups is 1. The summed E-state index contributed by atoms with van der Waals surface area (Å²) in [6, 6.07) is 13.6. The van der Waals surface area contributed by atoms with E-state index in [9.17, 15) is 5.11 Å².